The van der Waals surface area contributed by atoms with Gasteiger partial charge in [0.05, 0.1) is 0 Å². The maximum Gasteiger partial charge on any atom is 0.0250 e. The quantitative estimate of drug-likeness (QED) is 0.841. The molecule has 100 valence electrons. The predicted molar refractivity (Wildman–Crippen MR) is 77.5 cm³/mol. The first-order valence-corrected chi connectivity index (χ1v) is 8.41. The first kappa shape index (κ1) is 13.7. The molecule has 1 aliphatic heterocycles. The van der Waals surface area contributed by atoms with Gasteiger partial charge in [-0.05, 0) is 31.6 Å². The summed E-state index contributed by atoms with van der Waals surface area (Å²) in [6.45, 7) is 6.88. The van der Waals surface area contributed by atoms with Crippen molar-refractivity contribution in [1.29, 1.82) is 0 Å². The molecule has 2 unspecified atom stereocenters. The Morgan fingerprint density at radius 2 is 1.94 bits per heavy atom. The molecule has 0 aromatic heterocycles. The van der Waals surface area contributed by atoms with Gasteiger partial charge in [0, 0.05) is 36.7 Å². The van der Waals surface area contributed by atoms with E-state index in [-0.39, 0.29) is 0 Å². The third kappa shape index (κ3) is 3.39. The van der Waals surface area contributed by atoms with E-state index in [4.69, 9.17) is 5.73 Å². The lowest BCUT2D eigenvalue weighted by molar-refractivity contribution is 0.0899. The van der Waals surface area contributed by atoms with E-state index in [0.717, 1.165) is 24.4 Å². The minimum Gasteiger partial charge on any atom is -0.329 e. The fraction of sp³-hybridized carbons (Fsp3) is 1.00. The van der Waals surface area contributed by atoms with Gasteiger partial charge in [-0.2, -0.15) is 11.8 Å². The van der Waals surface area contributed by atoms with E-state index in [0.29, 0.717) is 6.04 Å². The maximum atomic E-state index is 6.08. The third-order valence-electron chi connectivity index (χ3n) is 4.69. The minimum atomic E-state index is 0.651. The molecule has 2 rings (SSSR count). The molecule has 2 N–H and O–H groups in total. The Morgan fingerprint density at radius 3 is 2.53 bits per heavy atom. The lowest BCUT2D eigenvalue weighted by Crippen LogP contribution is -2.53. The van der Waals surface area contributed by atoms with Gasteiger partial charge in [-0.3, -0.25) is 4.90 Å². The first-order chi connectivity index (χ1) is 8.22. The van der Waals surface area contributed by atoms with Gasteiger partial charge < -0.3 is 5.73 Å². The van der Waals surface area contributed by atoms with Crippen LogP contribution in [0, 0.1) is 11.8 Å². The topological polar surface area (TPSA) is 29.3 Å². The van der Waals surface area contributed by atoms with E-state index >= 15 is 0 Å². The fourth-order valence-corrected chi connectivity index (χ4v) is 4.54. The number of rotatable bonds is 3. The van der Waals surface area contributed by atoms with Crippen LogP contribution in [0.1, 0.15) is 39.5 Å². The van der Waals surface area contributed by atoms with Gasteiger partial charge in [0.25, 0.3) is 0 Å². The summed E-state index contributed by atoms with van der Waals surface area (Å²) in [7, 11) is 0. The first-order valence-electron chi connectivity index (χ1n) is 7.26. The number of hydrogen-bond acceptors (Lipinski definition) is 3. The lowest BCUT2D eigenvalue weighted by Gasteiger charge is -2.44. The Balaban J connectivity index is 1.94. The molecule has 2 aliphatic rings. The summed E-state index contributed by atoms with van der Waals surface area (Å²) in [6, 6.07) is 1.38. The minimum absolute atomic E-state index is 0.651. The molecule has 0 spiro atoms. The standard InChI is InChI=1S/C14H28N2S/c1-11-3-5-13(6-4-11)14(9-15)16-7-8-17-10-12(16)2/h11-14H,3-10,15H2,1-2H3. The number of nitrogens with zero attached hydrogens (tertiary/aromatic N) is 1. The zero-order valence-corrected chi connectivity index (χ0v) is 12.2. The van der Waals surface area contributed by atoms with Crippen LogP contribution in [0.4, 0.5) is 0 Å². The van der Waals surface area contributed by atoms with Crippen LogP contribution in [0.5, 0.6) is 0 Å². The summed E-state index contributed by atoms with van der Waals surface area (Å²) in [4.78, 5) is 2.71. The van der Waals surface area contributed by atoms with Crippen LogP contribution in [0.25, 0.3) is 0 Å². The van der Waals surface area contributed by atoms with E-state index in [2.05, 4.69) is 30.5 Å². The molecule has 1 aliphatic carbocycles. The molecule has 0 amide bonds. The van der Waals surface area contributed by atoms with Crippen molar-refractivity contribution >= 4 is 11.8 Å². The summed E-state index contributed by atoms with van der Waals surface area (Å²) in [6.07, 6.45) is 5.63. The zero-order valence-electron chi connectivity index (χ0n) is 11.4. The smallest absolute Gasteiger partial charge is 0.0250 e. The monoisotopic (exact) mass is 256 g/mol. The van der Waals surface area contributed by atoms with Crippen LogP contribution in [0.15, 0.2) is 0 Å². The van der Waals surface area contributed by atoms with Crippen molar-refractivity contribution in [2.24, 2.45) is 17.6 Å². The maximum absolute atomic E-state index is 6.08. The molecule has 2 fully saturated rings. The molecule has 0 radical (unpaired) electrons. The predicted octanol–water partition coefficient (Wildman–Crippen LogP) is 2.58. The Hall–Kier alpha value is 0.270. The Labute approximate surface area is 111 Å². The molecule has 3 heteroatoms. The largest absolute Gasteiger partial charge is 0.329 e. The Bertz CT molecular complexity index is 226. The SMILES string of the molecule is CC1CCC(C(CN)N2CCSCC2C)CC1. The van der Waals surface area contributed by atoms with Crippen molar-refractivity contribution in [2.45, 2.75) is 51.6 Å². The highest BCUT2D eigenvalue weighted by atomic mass is 32.2. The van der Waals surface area contributed by atoms with Gasteiger partial charge in [-0.25, -0.2) is 0 Å². The second kappa shape index (κ2) is 6.44. The van der Waals surface area contributed by atoms with Crippen molar-refractivity contribution in [2.75, 3.05) is 24.6 Å². The van der Waals surface area contributed by atoms with Gasteiger partial charge in [0.2, 0.25) is 0 Å². The van der Waals surface area contributed by atoms with Crippen LogP contribution >= 0.6 is 11.8 Å². The number of thioether (sulfide) groups is 1. The summed E-state index contributed by atoms with van der Waals surface area (Å²) >= 11 is 2.10. The van der Waals surface area contributed by atoms with Crippen molar-refractivity contribution in [3.8, 4) is 0 Å². The average molecular weight is 256 g/mol. The second-order valence-corrected chi connectivity index (χ2v) is 7.13. The van der Waals surface area contributed by atoms with Crippen LogP contribution in [0.2, 0.25) is 0 Å². The van der Waals surface area contributed by atoms with Gasteiger partial charge in [-0.1, -0.05) is 19.8 Å². The van der Waals surface area contributed by atoms with Crippen molar-refractivity contribution in [3.05, 3.63) is 0 Å². The average Bonchev–Trinajstić information content (AvgIpc) is 2.35. The third-order valence-corrected chi connectivity index (χ3v) is 5.88. The second-order valence-electron chi connectivity index (χ2n) is 5.98. The van der Waals surface area contributed by atoms with E-state index < -0.39 is 0 Å². The number of nitrogens with two attached hydrogens (primary N) is 1. The molecule has 1 saturated heterocycles. The molecule has 2 nitrogen and oxygen atoms in total. The highest BCUT2D eigenvalue weighted by molar-refractivity contribution is 7.99. The summed E-state index contributed by atoms with van der Waals surface area (Å²) < 4.78 is 0. The van der Waals surface area contributed by atoms with Crippen molar-refractivity contribution < 1.29 is 0 Å². The highest BCUT2D eigenvalue weighted by Gasteiger charge is 2.32. The summed E-state index contributed by atoms with van der Waals surface area (Å²) in [5.41, 5.74) is 6.08. The molecule has 1 heterocycles. The molecular weight excluding hydrogens is 228 g/mol. The van der Waals surface area contributed by atoms with Crippen LogP contribution < -0.4 is 5.73 Å². The van der Waals surface area contributed by atoms with Gasteiger partial charge in [0.15, 0.2) is 0 Å². The van der Waals surface area contributed by atoms with Gasteiger partial charge in [0.1, 0.15) is 0 Å². The van der Waals surface area contributed by atoms with E-state index in [1.165, 1.54) is 43.7 Å². The molecular formula is C14H28N2S. The van der Waals surface area contributed by atoms with E-state index in [1.54, 1.807) is 0 Å². The summed E-state index contributed by atoms with van der Waals surface area (Å²) in [5, 5.41) is 0. The Morgan fingerprint density at radius 1 is 1.24 bits per heavy atom. The highest BCUT2D eigenvalue weighted by Crippen LogP contribution is 2.33. The number of hydrogen-bond donors (Lipinski definition) is 1. The molecule has 0 aromatic carbocycles. The normalized spacial score (nSPS) is 37.9. The van der Waals surface area contributed by atoms with Crippen LogP contribution in [0.3, 0.4) is 0 Å². The lowest BCUT2D eigenvalue weighted by atomic mass is 9.78. The van der Waals surface area contributed by atoms with Crippen LogP contribution in [-0.4, -0.2) is 41.6 Å². The van der Waals surface area contributed by atoms with Crippen molar-refractivity contribution in [1.82, 2.24) is 4.90 Å². The van der Waals surface area contributed by atoms with Gasteiger partial charge >= 0.3 is 0 Å². The Kier molecular flexibility index (Phi) is 5.19. The van der Waals surface area contributed by atoms with E-state index in [9.17, 15) is 0 Å². The molecule has 17 heavy (non-hydrogen) atoms. The molecule has 1 saturated carbocycles. The van der Waals surface area contributed by atoms with E-state index in [1.807, 2.05) is 0 Å². The fourth-order valence-electron chi connectivity index (χ4n) is 3.50. The van der Waals surface area contributed by atoms with Crippen LogP contribution in [-0.2, 0) is 0 Å². The van der Waals surface area contributed by atoms with Crippen molar-refractivity contribution in [3.63, 3.8) is 0 Å². The molecule has 0 aromatic rings. The summed E-state index contributed by atoms with van der Waals surface area (Å²) in [5.74, 6) is 4.39. The molecule has 2 atom stereocenters. The molecule has 0 bridgehead atoms. The zero-order chi connectivity index (χ0) is 12.3. The van der Waals surface area contributed by atoms with Gasteiger partial charge in [-0.15, -0.1) is 0 Å².